The highest BCUT2D eigenvalue weighted by atomic mass is 35.5. The van der Waals surface area contributed by atoms with Gasteiger partial charge in [-0.1, -0.05) is 26.0 Å². The van der Waals surface area contributed by atoms with Crippen molar-refractivity contribution in [2.75, 3.05) is 36.4 Å². The van der Waals surface area contributed by atoms with E-state index in [4.69, 9.17) is 46.9 Å². The minimum absolute atomic E-state index is 0.0798. The van der Waals surface area contributed by atoms with Crippen LogP contribution >= 0.6 is 23.2 Å². The number of alkyl halides is 2. The number of benzene rings is 1. The van der Waals surface area contributed by atoms with Crippen LogP contribution in [0.3, 0.4) is 0 Å². The fourth-order valence-corrected chi connectivity index (χ4v) is 5.88. The van der Waals surface area contributed by atoms with Gasteiger partial charge in [0.15, 0.2) is 12.2 Å². The van der Waals surface area contributed by atoms with Crippen LogP contribution in [-0.2, 0) is 63.7 Å². The van der Waals surface area contributed by atoms with Crippen molar-refractivity contribution < 1.29 is 57.2 Å². The Labute approximate surface area is 312 Å². The van der Waals surface area contributed by atoms with Crippen molar-refractivity contribution in [3.63, 3.8) is 0 Å². The van der Waals surface area contributed by atoms with Gasteiger partial charge >= 0.3 is 23.9 Å². The fourth-order valence-electron chi connectivity index (χ4n) is 5.47. The molecule has 0 radical (unpaired) electrons. The molecular weight excluding hydrogens is 727 g/mol. The number of esters is 4. The van der Waals surface area contributed by atoms with Gasteiger partial charge in [0.1, 0.15) is 30.8 Å². The summed E-state index contributed by atoms with van der Waals surface area (Å²) in [5, 5.41) is 7.95. The lowest BCUT2D eigenvalue weighted by molar-refractivity contribution is -0.271. The number of anilines is 1. The quantitative estimate of drug-likeness (QED) is 0.110. The van der Waals surface area contributed by atoms with Gasteiger partial charge in [0.2, 0.25) is 24.0 Å². The number of nitrogens with one attached hydrogen (secondary N) is 3. The number of halogens is 2. The molecule has 16 nitrogen and oxygen atoms in total. The average molecular weight is 776 g/mol. The molecule has 1 aliphatic rings. The Balaban J connectivity index is 2.40. The molecule has 1 saturated heterocycles. The number of nitrogens with zero attached hydrogens (tertiary/aromatic N) is 1. The molecule has 1 heterocycles. The third-order valence-corrected chi connectivity index (χ3v) is 8.02. The number of rotatable bonds is 18. The van der Waals surface area contributed by atoms with Gasteiger partial charge in [0.25, 0.3) is 0 Å². The van der Waals surface area contributed by atoms with E-state index in [2.05, 4.69) is 16.0 Å². The number of hydrogen-bond donors (Lipinski definition) is 3. The van der Waals surface area contributed by atoms with Gasteiger partial charge in [-0.15, -0.1) is 23.2 Å². The van der Waals surface area contributed by atoms with Gasteiger partial charge in [-0.05, 0) is 23.6 Å². The van der Waals surface area contributed by atoms with E-state index >= 15 is 0 Å². The Morgan fingerprint density at radius 3 is 1.81 bits per heavy atom. The summed E-state index contributed by atoms with van der Waals surface area (Å²) >= 11 is 11.9. The van der Waals surface area contributed by atoms with Crippen molar-refractivity contribution in [1.29, 1.82) is 0 Å². The number of carbonyl (C=O) groups excluding carboxylic acids is 7. The molecule has 52 heavy (non-hydrogen) atoms. The van der Waals surface area contributed by atoms with E-state index in [-0.39, 0.29) is 6.42 Å². The number of hydrogen-bond acceptors (Lipinski definition) is 13. The van der Waals surface area contributed by atoms with Crippen LogP contribution in [0.4, 0.5) is 5.69 Å². The summed E-state index contributed by atoms with van der Waals surface area (Å²) in [4.78, 5) is 89.9. The molecule has 0 bridgehead atoms. The van der Waals surface area contributed by atoms with E-state index in [1.165, 1.54) is 6.92 Å². The molecule has 7 atom stereocenters. The second-order valence-electron chi connectivity index (χ2n) is 12.4. The van der Waals surface area contributed by atoms with E-state index in [1.807, 2.05) is 17.0 Å². The van der Waals surface area contributed by atoms with Crippen LogP contribution in [0.25, 0.3) is 0 Å². The first-order valence-corrected chi connectivity index (χ1v) is 17.7. The van der Waals surface area contributed by atoms with Crippen molar-refractivity contribution in [3.8, 4) is 0 Å². The summed E-state index contributed by atoms with van der Waals surface area (Å²) in [6.07, 6.45) is -5.77. The van der Waals surface area contributed by atoms with Crippen molar-refractivity contribution in [2.45, 2.75) is 97.6 Å². The summed E-state index contributed by atoms with van der Waals surface area (Å²) in [6.45, 7) is 9.62. The van der Waals surface area contributed by atoms with E-state index in [9.17, 15) is 33.6 Å². The van der Waals surface area contributed by atoms with Crippen LogP contribution in [0.1, 0.15) is 54.0 Å². The summed E-state index contributed by atoms with van der Waals surface area (Å²) in [7, 11) is 0. The maximum Gasteiger partial charge on any atom is 0.305 e. The van der Waals surface area contributed by atoms with Crippen LogP contribution < -0.4 is 20.9 Å². The highest BCUT2D eigenvalue weighted by molar-refractivity contribution is 6.18. The molecule has 1 aromatic rings. The molecule has 0 aromatic heterocycles. The maximum absolute atomic E-state index is 13.9. The summed E-state index contributed by atoms with van der Waals surface area (Å²) in [6, 6.07) is 3.52. The third-order valence-electron chi connectivity index (χ3n) is 7.68. The number of carbonyl (C=O) groups is 7. The molecule has 0 unspecified atom stereocenters. The van der Waals surface area contributed by atoms with Gasteiger partial charge in [-0.25, -0.2) is 0 Å². The second-order valence-corrected chi connectivity index (χ2v) is 13.1. The lowest BCUT2D eigenvalue weighted by atomic mass is 9.94. The molecule has 18 heteroatoms. The van der Waals surface area contributed by atoms with Gasteiger partial charge in [-0.2, -0.15) is 0 Å². The van der Waals surface area contributed by atoms with E-state index < -0.39 is 96.9 Å². The zero-order chi connectivity index (χ0) is 39.1. The van der Waals surface area contributed by atoms with Crippen LogP contribution in [0, 0.1) is 5.92 Å². The second kappa shape index (κ2) is 21.4. The normalized spacial score (nSPS) is 20.8. The van der Waals surface area contributed by atoms with E-state index in [0.29, 0.717) is 30.4 Å². The van der Waals surface area contributed by atoms with Crippen LogP contribution in [0.2, 0.25) is 0 Å². The maximum atomic E-state index is 13.9. The standard InChI is InChI=1S/C34H48Cl2N4O12/c1-18(2)28(38-32(46)26(37-19(3)41)16-24-8-10-25(11-9-24)40(14-12-35)15-13-36)33(47)39-29-31(50-22(6)44)30(49-21(5)43)27(17-48-20(4)42)52-34(29)51-23(7)45/h8-11,18,26-31,34H,12-17H2,1-7H3,(H,37,41)(H,38,46)(H,39,47)/t26-,27-,28+,29+,30+,31+,34-/m1/s1. The smallest absolute Gasteiger partial charge is 0.305 e. The highest BCUT2D eigenvalue weighted by Crippen LogP contribution is 2.28. The molecule has 3 N–H and O–H groups in total. The zero-order valence-electron chi connectivity index (χ0n) is 30.3. The first kappa shape index (κ1) is 44.0. The largest absolute Gasteiger partial charge is 0.463 e. The Hall–Kier alpha value is -4.15. The molecular formula is C34H48Cl2N4O12. The Morgan fingerprint density at radius 2 is 1.33 bits per heavy atom. The van der Waals surface area contributed by atoms with E-state index in [1.54, 1.807) is 26.0 Å². The molecule has 1 aromatic carbocycles. The van der Waals surface area contributed by atoms with Gasteiger partial charge < -0.3 is 44.5 Å². The molecule has 0 aliphatic carbocycles. The SMILES string of the molecule is CC(=O)N[C@H](Cc1ccc(N(CCCl)CCCl)cc1)C(=O)N[C@H](C(=O)N[C@@H]1[C@H](OC(C)=O)O[C@H](COC(C)=O)[C@H](OC(C)=O)[C@H]1OC(C)=O)C(C)C. The van der Waals surface area contributed by atoms with Crippen LogP contribution in [0.5, 0.6) is 0 Å². The van der Waals surface area contributed by atoms with Crippen molar-refractivity contribution >= 4 is 70.5 Å². The topological polar surface area (TPSA) is 205 Å². The van der Waals surface area contributed by atoms with Crippen molar-refractivity contribution in [2.24, 2.45) is 5.92 Å². The predicted octanol–water partition coefficient (Wildman–Crippen LogP) is 1.36. The minimum Gasteiger partial charge on any atom is -0.463 e. The van der Waals surface area contributed by atoms with Crippen LogP contribution in [-0.4, -0.2) is 116 Å². The zero-order valence-corrected chi connectivity index (χ0v) is 31.8. The summed E-state index contributed by atoms with van der Waals surface area (Å²) in [5.41, 5.74) is 1.59. The van der Waals surface area contributed by atoms with Gasteiger partial charge in [0.05, 0.1) is 0 Å². The highest BCUT2D eigenvalue weighted by Gasteiger charge is 2.53. The molecule has 3 amide bonds. The van der Waals surface area contributed by atoms with Gasteiger partial charge in [-0.3, -0.25) is 33.6 Å². The first-order chi connectivity index (χ1) is 24.5. The number of amides is 3. The summed E-state index contributed by atoms with van der Waals surface area (Å²) < 4.78 is 27.1. The third kappa shape index (κ3) is 14.1. The fraction of sp³-hybridized carbons (Fsp3) is 0.618. The van der Waals surface area contributed by atoms with Gasteiger partial charge in [0, 0.05) is 71.6 Å². The minimum atomic E-state index is -1.62. The molecule has 0 saturated carbocycles. The molecule has 1 fully saturated rings. The molecule has 1 aliphatic heterocycles. The molecule has 2 rings (SSSR count). The predicted molar refractivity (Wildman–Crippen MR) is 188 cm³/mol. The lowest BCUT2D eigenvalue weighted by Gasteiger charge is -2.44. The Morgan fingerprint density at radius 1 is 0.769 bits per heavy atom. The van der Waals surface area contributed by atoms with Crippen LogP contribution in [0.15, 0.2) is 24.3 Å². The first-order valence-electron chi connectivity index (χ1n) is 16.6. The lowest BCUT2D eigenvalue weighted by Crippen LogP contribution is -2.68. The average Bonchev–Trinajstić information content (AvgIpc) is 3.04. The molecule has 290 valence electrons. The summed E-state index contributed by atoms with van der Waals surface area (Å²) in [5.74, 6) is -4.90. The van der Waals surface area contributed by atoms with Crippen molar-refractivity contribution in [3.05, 3.63) is 29.8 Å². The monoisotopic (exact) mass is 774 g/mol. The van der Waals surface area contributed by atoms with E-state index in [0.717, 1.165) is 33.4 Å². The Kier molecular flexibility index (Phi) is 18.1. The number of ether oxygens (including phenoxy) is 5. The van der Waals surface area contributed by atoms with Crippen molar-refractivity contribution in [1.82, 2.24) is 16.0 Å². The Bertz CT molecular complexity index is 1410. The molecule has 0 spiro atoms.